The number of rotatable bonds is 9. The Hall–Kier alpha value is -3.43. The SMILES string of the molecule is Cc1nc(OCCCS(C)(=O)=O)ccc1-c1cccc2c1CC[C@H]2Oc1ccc(-c2cc(=O)[nH]s2)cc1. The molecule has 0 unspecified atom stereocenters. The summed E-state index contributed by atoms with van der Waals surface area (Å²) in [5, 5.41) is 0. The van der Waals surface area contributed by atoms with Crippen molar-refractivity contribution >= 4 is 21.4 Å². The molecule has 0 spiro atoms. The molecule has 0 saturated carbocycles. The van der Waals surface area contributed by atoms with Crippen LogP contribution in [0.5, 0.6) is 11.6 Å². The number of aromatic nitrogens is 2. The zero-order valence-electron chi connectivity index (χ0n) is 20.7. The fourth-order valence-corrected chi connectivity index (χ4v) is 6.01. The molecule has 7 nitrogen and oxygen atoms in total. The van der Waals surface area contributed by atoms with Crippen molar-refractivity contribution in [2.75, 3.05) is 18.6 Å². The fourth-order valence-electron chi connectivity index (χ4n) is 4.68. The van der Waals surface area contributed by atoms with Crippen LogP contribution >= 0.6 is 11.5 Å². The summed E-state index contributed by atoms with van der Waals surface area (Å²) < 4.78 is 37.4. The van der Waals surface area contributed by atoms with E-state index in [-0.39, 0.29) is 17.4 Å². The van der Waals surface area contributed by atoms with Crippen molar-refractivity contribution in [2.24, 2.45) is 0 Å². The number of ether oxygens (including phenoxy) is 2. The van der Waals surface area contributed by atoms with Crippen LogP contribution in [0.2, 0.25) is 0 Å². The van der Waals surface area contributed by atoms with E-state index >= 15 is 0 Å². The second-order valence-corrected chi connectivity index (χ2v) is 12.3. The lowest BCUT2D eigenvalue weighted by molar-refractivity contribution is 0.207. The maximum atomic E-state index is 11.4. The first-order chi connectivity index (χ1) is 17.8. The lowest BCUT2D eigenvalue weighted by atomic mass is 9.96. The number of benzene rings is 2. The van der Waals surface area contributed by atoms with Gasteiger partial charge in [-0.1, -0.05) is 29.7 Å². The van der Waals surface area contributed by atoms with Crippen LogP contribution in [0.25, 0.3) is 21.6 Å². The molecule has 1 aliphatic carbocycles. The highest BCUT2D eigenvalue weighted by Gasteiger charge is 2.27. The Balaban J connectivity index is 1.29. The number of hydrogen-bond acceptors (Lipinski definition) is 7. The smallest absolute Gasteiger partial charge is 0.258 e. The first-order valence-electron chi connectivity index (χ1n) is 12.1. The highest BCUT2D eigenvalue weighted by Crippen LogP contribution is 2.41. The molecule has 37 heavy (non-hydrogen) atoms. The summed E-state index contributed by atoms with van der Waals surface area (Å²) in [4.78, 5) is 16.9. The average molecular weight is 537 g/mol. The maximum absolute atomic E-state index is 11.4. The van der Waals surface area contributed by atoms with Crippen molar-refractivity contribution in [2.45, 2.75) is 32.3 Å². The van der Waals surface area contributed by atoms with Crippen LogP contribution in [0.4, 0.5) is 0 Å². The Morgan fingerprint density at radius 2 is 1.89 bits per heavy atom. The highest BCUT2D eigenvalue weighted by atomic mass is 32.2. The van der Waals surface area contributed by atoms with Crippen LogP contribution in [0.15, 0.2) is 65.5 Å². The van der Waals surface area contributed by atoms with Crippen LogP contribution in [0.3, 0.4) is 0 Å². The van der Waals surface area contributed by atoms with E-state index in [1.807, 2.05) is 43.3 Å². The molecule has 1 N–H and O–H groups in total. The molecule has 2 heterocycles. The summed E-state index contributed by atoms with van der Waals surface area (Å²) in [6.45, 7) is 2.27. The van der Waals surface area contributed by atoms with Gasteiger partial charge in [-0.25, -0.2) is 13.4 Å². The van der Waals surface area contributed by atoms with Gasteiger partial charge < -0.3 is 9.47 Å². The molecule has 1 atom stereocenters. The van der Waals surface area contributed by atoms with Gasteiger partial charge in [0.15, 0.2) is 0 Å². The van der Waals surface area contributed by atoms with E-state index in [0.717, 1.165) is 45.9 Å². The summed E-state index contributed by atoms with van der Waals surface area (Å²) in [5.41, 5.74) is 6.41. The monoisotopic (exact) mass is 536 g/mol. The Morgan fingerprint density at radius 1 is 1.08 bits per heavy atom. The zero-order valence-corrected chi connectivity index (χ0v) is 22.3. The quantitative estimate of drug-likeness (QED) is 0.290. The number of aromatic amines is 1. The van der Waals surface area contributed by atoms with Crippen LogP contribution in [-0.4, -0.2) is 36.4 Å². The second kappa shape index (κ2) is 10.5. The van der Waals surface area contributed by atoms with Gasteiger partial charge in [-0.2, -0.15) is 0 Å². The van der Waals surface area contributed by atoms with Crippen LogP contribution < -0.4 is 15.0 Å². The van der Waals surface area contributed by atoms with E-state index in [1.165, 1.54) is 28.9 Å². The summed E-state index contributed by atoms with van der Waals surface area (Å²) in [5.74, 6) is 1.40. The molecular weight excluding hydrogens is 508 g/mol. The number of sulfone groups is 1. The molecule has 2 aromatic carbocycles. The topological polar surface area (TPSA) is 98.3 Å². The van der Waals surface area contributed by atoms with Crippen molar-refractivity contribution in [3.05, 3.63) is 87.8 Å². The molecule has 0 aliphatic heterocycles. The standard InChI is InChI=1S/C28H28N2O5S2/c1-18-21(12-14-28(29-18)34-15-4-16-37(2,32)33)22-5-3-6-24-23(22)11-13-25(24)35-20-9-7-19(8-10-20)26-17-27(31)30-36-26/h3,5-10,12,14,17,25H,4,11,13,15-16H2,1-2H3,(H,30,31)/t25-/m1/s1. The number of aryl methyl sites for hydroxylation is 1. The van der Waals surface area contributed by atoms with Gasteiger partial charge in [0, 0.05) is 29.6 Å². The average Bonchev–Trinajstić information content (AvgIpc) is 3.48. The van der Waals surface area contributed by atoms with Crippen molar-refractivity contribution in [1.29, 1.82) is 0 Å². The normalized spacial score (nSPS) is 14.9. The molecule has 0 radical (unpaired) electrons. The van der Waals surface area contributed by atoms with Crippen molar-refractivity contribution in [3.63, 3.8) is 0 Å². The number of H-pyrrole nitrogens is 1. The third-order valence-corrected chi connectivity index (χ3v) is 8.32. The molecule has 2 aromatic heterocycles. The minimum atomic E-state index is -2.99. The summed E-state index contributed by atoms with van der Waals surface area (Å²) in [6, 6.07) is 19.6. The Morgan fingerprint density at radius 3 is 2.59 bits per heavy atom. The van der Waals surface area contributed by atoms with Gasteiger partial charge in [0.1, 0.15) is 21.7 Å². The van der Waals surface area contributed by atoms with Crippen molar-refractivity contribution in [1.82, 2.24) is 9.36 Å². The Labute approximate surface area is 220 Å². The number of fused-ring (bicyclic) bond motifs is 1. The Kier molecular flexibility index (Phi) is 7.17. The van der Waals surface area contributed by atoms with E-state index in [1.54, 1.807) is 6.07 Å². The first-order valence-corrected chi connectivity index (χ1v) is 15.0. The molecule has 0 bridgehead atoms. The number of pyridine rings is 1. The lowest BCUT2D eigenvalue weighted by Gasteiger charge is -2.17. The predicted molar refractivity (Wildman–Crippen MR) is 146 cm³/mol. The molecule has 192 valence electrons. The molecule has 4 aromatic rings. The number of nitrogens with zero attached hydrogens (tertiary/aromatic N) is 1. The number of hydrogen-bond donors (Lipinski definition) is 1. The highest BCUT2D eigenvalue weighted by molar-refractivity contribution is 7.90. The molecular formula is C28H28N2O5S2. The van der Waals surface area contributed by atoms with Crippen LogP contribution in [0.1, 0.15) is 35.8 Å². The first kappa shape index (κ1) is 25.2. The summed E-state index contributed by atoms with van der Waals surface area (Å²) in [7, 11) is -2.99. The molecule has 1 aliphatic rings. The molecule has 9 heteroatoms. The largest absolute Gasteiger partial charge is 0.486 e. The minimum Gasteiger partial charge on any atom is -0.486 e. The fraction of sp³-hybridized carbons (Fsp3) is 0.286. The van der Waals surface area contributed by atoms with Gasteiger partial charge in [0.05, 0.1) is 17.2 Å². The molecule has 0 amide bonds. The molecule has 0 saturated heterocycles. The van der Waals surface area contributed by atoms with Gasteiger partial charge >= 0.3 is 0 Å². The maximum Gasteiger partial charge on any atom is 0.258 e. The van der Waals surface area contributed by atoms with E-state index in [9.17, 15) is 13.2 Å². The lowest BCUT2D eigenvalue weighted by Crippen LogP contribution is -2.08. The van der Waals surface area contributed by atoms with Gasteiger partial charge in [0.2, 0.25) is 5.88 Å². The van der Waals surface area contributed by atoms with Crippen LogP contribution in [-0.2, 0) is 16.3 Å². The van der Waals surface area contributed by atoms with Gasteiger partial charge in [0.25, 0.3) is 5.56 Å². The van der Waals surface area contributed by atoms with Gasteiger partial charge in [-0.3, -0.25) is 9.17 Å². The van der Waals surface area contributed by atoms with E-state index in [4.69, 9.17) is 9.47 Å². The van der Waals surface area contributed by atoms with E-state index < -0.39 is 9.84 Å². The van der Waals surface area contributed by atoms with Crippen molar-refractivity contribution < 1.29 is 17.9 Å². The minimum absolute atomic E-state index is 0.0326. The summed E-state index contributed by atoms with van der Waals surface area (Å²) >= 11 is 1.33. The summed E-state index contributed by atoms with van der Waals surface area (Å²) in [6.07, 6.45) is 3.43. The molecule has 0 fully saturated rings. The number of nitrogens with one attached hydrogen (secondary N) is 1. The predicted octanol–water partition coefficient (Wildman–Crippen LogP) is 5.35. The van der Waals surface area contributed by atoms with E-state index in [0.29, 0.717) is 18.9 Å². The second-order valence-electron chi connectivity index (χ2n) is 9.23. The zero-order chi connectivity index (χ0) is 26.0. The van der Waals surface area contributed by atoms with Gasteiger partial charge in [-0.15, -0.1) is 0 Å². The third kappa shape index (κ3) is 5.94. The van der Waals surface area contributed by atoms with Crippen molar-refractivity contribution in [3.8, 4) is 33.2 Å². The third-order valence-electron chi connectivity index (χ3n) is 6.42. The Bertz CT molecular complexity index is 1570. The van der Waals surface area contributed by atoms with Gasteiger partial charge in [-0.05, 0) is 78.8 Å². The van der Waals surface area contributed by atoms with Crippen LogP contribution in [0, 0.1) is 6.92 Å². The molecule has 5 rings (SSSR count). The van der Waals surface area contributed by atoms with E-state index in [2.05, 4.69) is 27.6 Å².